The van der Waals surface area contributed by atoms with Gasteiger partial charge in [-0.15, -0.1) is 0 Å². The summed E-state index contributed by atoms with van der Waals surface area (Å²) in [6.07, 6.45) is 1.30. The molecule has 0 aromatic heterocycles. The Hall–Kier alpha value is -1.44. The Bertz CT molecular complexity index is 681. The van der Waals surface area contributed by atoms with Crippen molar-refractivity contribution in [2.24, 2.45) is 11.1 Å². The summed E-state index contributed by atoms with van der Waals surface area (Å²) < 4.78 is 27.1. The summed E-state index contributed by atoms with van der Waals surface area (Å²) in [5, 5.41) is 2.88. The van der Waals surface area contributed by atoms with E-state index in [0.717, 1.165) is 0 Å². The van der Waals surface area contributed by atoms with Gasteiger partial charge in [0.05, 0.1) is 11.2 Å². The van der Waals surface area contributed by atoms with Crippen molar-refractivity contribution in [3.63, 3.8) is 0 Å². The topological polar surface area (TPSA) is 101 Å². The van der Waals surface area contributed by atoms with Gasteiger partial charge in [-0.05, 0) is 51.3 Å². The maximum atomic E-state index is 12.6. The van der Waals surface area contributed by atoms with Crippen molar-refractivity contribution in [2.45, 2.75) is 58.8 Å². The van der Waals surface area contributed by atoms with Gasteiger partial charge in [0, 0.05) is 17.8 Å². The number of rotatable bonds is 8. The molecule has 0 fully saturated rings. The van der Waals surface area contributed by atoms with Gasteiger partial charge in [-0.2, -0.15) is 0 Å². The Morgan fingerprint density at radius 3 is 2.24 bits per heavy atom. The Morgan fingerprint density at radius 2 is 1.76 bits per heavy atom. The highest BCUT2D eigenvalue weighted by Crippen LogP contribution is 2.27. The summed E-state index contributed by atoms with van der Waals surface area (Å²) in [4.78, 5) is 12.6. The molecule has 142 valence electrons. The van der Waals surface area contributed by atoms with Crippen molar-refractivity contribution >= 4 is 21.6 Å². The first-order valence-electron chi connectivity index (χ1n) is 8.59. The second kappa shape index (κ2) is 8.29. The van der Waals surface area contributed by atoms with E-state index in [2.05, 4.69) is 10.0 Å². The van der Waals surface area contributed by atoms with Crippen molar-refractivity contribution in [3.05, 3.63) is 29.8 Å². The van der Waals surface area contributed by atoms with Crippen LogP contribution in [0.3, 0.4) is 0 Å². The monoisotopic (exact) mass is 369 g/mol. The van der Waals surface area contributed by atoms with Gasteiger partial charge in [0.2, 0.25) is 15.9 Å². The first-order valence-corrected chi connectivity index (χ1v) is 10.2. The number of carbonyl (C=O) groups is 1. The Morgan fingerprint density at radius 1 is 1.16 bits per heavy atom. The smallest absolute Gasteiger partial charge is 0.231 e. The average Bonchev–Trinajstić information content (AvgIpc) is 2.46. The molecule has 0 spiro atoms. The minimum atomic E-state index is -3.46. The zero-order valence-electron chi connectivity index (χ0n) is 15.8. The third-order valence-corrected chi connectivity index (χ3v) is 5.87. The second-order valence-corrected chi connectivity index (χ2v) is 9.18. The predicted octanol–water partition coefficient (Wildman–Crippen LogP) is 2.61. The minimum Gasteiger partial charge on any atom is -0.329 e. The fraction of sp³-hybridized carbons (Fsp3) is 0.611. The largest absolute Gasteiger partial charge is 0.329 e. The highest BCUT2D eigenvalue weighted by molar-refractivity contribution is 7.88. The molecule has 6 nitrogen and oxygen atoms in total. The van der Waals surface area contributed by atoms with E-state index in [9.17, 15) is 13.2 Å². The van der Waals surface area contributed by atoms with Gasteiger partial charge in [0.15, 0.2) is 0 Å². The van der Waals surface area contributed by atoms with E-state index in [1.54, 1.807) is 45.0 Å². The summed E-state index contributed by atoms with van der Waals surface area (Å²) in [5.74, 6) is -0.273. The summed E-state index contributed by atoms with van der Waals surface area (Å²) in [6.45, 7) is 9.54. The lowest BCUT2D eigenvalue weighted by molar-refractivity contribution is -0.125. The van der Waals surface area contributed by atoms with Crippen molar-refractivity contribution < 1.29 is 13.2 Å². The molecule has 25 heavy (non-hydrogen) atoms. The number of sulfonamides is 1. The summed E-state index contributed by atoms with van der Waals surface area (Å²) >= 11 is 0. The van der Waals surface area contributed by atoms with Crippen LogP contribution in [-0.4, -0.2) is 26.4 Å². The minimum absolute atomic E-state index is 0.132. The molecule has 0 aliphatic rings. The van der Waals surface area contributed by atoms with E-state index in [-0.39, 0.29) is 18.2 Å². The Kier molecular flexibility index (Phi) is 7.17. The van der Waals surface area contributed by atoms with Gasteiger partial charge in [-0.1, -0.05) is 26.0 Å². The lowest BCUT2D eigenvalue weighted by Gasteiger charge is -2.28. The van der Waals surface area contributed by atoms with E-state index in [4.69, 9.17) is 5.73 Å². The molecule has 1 aromatic carbocycles. The van der Waals surface area contributed by atoms with Gasteiger partial charge in [0.1, 0.15) is 0 Å². The van der Waals surface area contributed by atoms with Crippen LogP contribution in [0.15, 0.2) is 24.3 Å². The highest BCUT2D eigenvalue weighted by atomic mass is 32.2. The molecule has 0 saturated carbocycles. The zero-order valence-corrected chi connectivity index (χ0v) is 16.7. The van der Waals surface area contributed by atoms with E-state index < -0.39 is 21.0 Å². The second-order valence-electron chi connectivity index (χ2n) is 7.46. The standard InChI is InChI=1S/C18H31N3O3S/c1-6-18(7-2,13-19)16(22)20-15-10-8-9-14(11-15)12-25(23,24)21-17(3,4)5/h8-11,21H,6-7,12-13,19H2,1-5H3,(H,20,22). The molecule has 0 aliphatic heterocycles. The molecule has 1 amide bonds. The Labute approximate surface area is 151 Å². The molecular formula is C18H31N3O3S. The fourth-order valence-electron chi connectivity index (χ4n) is 2.68. The molecule has 0 unspecified atom stereocenters. The average molecular weight is 370 g/mol. The maximum absolute atomic E-state index is 12.6. The van der Waals surface area contributed by atoms with Crippen LogP contribution in [0.4, 0.5) is 5.69 Å². The summed E-state index contributed by atoms with van der Waals surface area (Å²) in [7, 11) is -3.46. The molecule has 1 aromatic rings. The van der Waals surface area contributed by atoms with Crippen LogP contribution < -0.4 is 15.8 Å². The van der Waals surface area contributed by atoms with E-state index in [1.165, 1.54) is 0 Å². The van der Waals surface area contributed by atoms with Gasteiger partial charge < -0.3 is 11.1 Å². The van der Waals surface area contributed by atoms with Gasteiger partial charge >= 0.3 is 0 Å². The number of carbonyl (C=O) groups excluding carboxylic acids is 1. The van der Waals surface area contributed by atoms with Crippen LogP contribution in [0.5, 0.6) is 0 Å². The lowest BCUT2D eigenvalue weighted by Crippen LogP contribution is -2.41. The molecule has 0 aliphatic carbocycles. The Balaban J connectivity index is 2.94. The number of amides is 1. The van der Waals surface area contributed by atoms with Crippen LogP contribution in [0.25, 0.3) is 0 Å². The van der Waals surface area contributed by atoms with Crippen molar-refractivity contribution in [3.8, 4) is 0 Å². The molecule has 0 radical (unpaired) electrons. The number of benzene rings is 1. The van der Waals surface area contributed by atoms with Crippen LogP contribution >= 0.6 is 0 Å². The molecule has 4 N–H and O–H groups in total. The first kappa shape index (κ1) is 21.6. The third kappa shape index (κ3) is 6.41. The SMILES string of the molecule is CCC(CC)(CN)C(=O)Nc1cccc(CS(=O)(=O)NC(C)(C)C)c1. The van der Waals surface area contributed by atoms with E-state index in [0.29, 0.717) is 24.1 Å². The molecule has 0 atom stereocenters. The number of hydrogen-bond donors (Lipinski definition) is 3. The van der Waals surface area contributed by atoms with Crippen molar-refractivity contribution in [2.75, 3.05) is 11.9 Å². The summed E-state index contributed by atoms with van der Waals surface area (Å²) in [5.41, 5.74) is 5.86. The van der Waals surface area contributed by atoms with Crippen LogP contribution in [0.2, 0.25) is 0 Å². The van der Waals surface area contributed by atoms with Crippen molar-refractivity contribution in [1.82, 2.24) is 4.72 Å². The molecule has 0 bridgehead atoms. The molecule has 7 heteroatoms. The number of nitrogens with two attached hydrogens (primary N) is 1. The lowest BCUT2D eigenvalue weighted by atomic mass is 9.81. The molecule has 1 rings (SSSR count). The van der Waals surface area contributed by atoms with Crippen LogP contribution in [0, 0.1) is 5.41 Å². The third-order valence-electron chi connectivity index (χ3n) is 4.23. The molecule has 0 heterocycles. The summed E-state index contributed by atoms with van der Waals surface area (Å²) in [6, 6.07) is 6.90. The number of hydrogen-bond acceptors (Lipinski definition) is 4. The maximum Gasteiger partial charge on any atom is 0.231 e. The van der Waals surface area contributed by atoms with Gasteiger partial charge in [-0.25, -0.2) is 13.1 Å². The van der Waals surface area contributed by atoms with E-state index >= 15 is 0 Å². The first-order chi connectivity index (χ1) is 11.5. The predicted molar refractivity (Wildman–Crippen MR) is 103 cm³/mol. The molecule has 0 saturated heterocycles. The molecular weight excluding hydrogens is 338 g/mol. The van der Waals surface area contributed by atoms with Crippen molar-refractivity contribution in [1.29, 1.82) is 0 Å². The quantitative estimate of drug-likeness (QED) is 0.655. The van der Waals surface area contributed by atoms with Gasteiger partial charge in [0.25, 0.3) is 0 Å². The number of anilines is 1. The zero-order chi connectivity index (χ0) is 19.3. The van der Waals surface area contributed by atoms with Crippen LogP contribution in [-0.2, 0) is 20.6 Å². The van der Waals surface area contributed by atoms with Gasteiger partial charge in [-0.3, -0.25) is 4.79 Å². The van der Waals surface area contributed by atoms with E-state index in [1.807, 2.05) is 13.8 Å². The fourth-order valence-corrected chi connectivity index (χ4v) is 4.30. The van der Waals surface area contributed by atoms with Crippen LogP contribution in [0.1, 0.15) is 53.0 Å². The normalized spacial score (nSPS) is 12.9. The highest BCUT2D eigenvalue weighted by Gasteiger charge is 2.33. The number of nitrogens with one attached hydrogen (secondary N) is 2.